The fourth-order valence-corrected chi connectivity index (χ4v) is 3.40. The molecule has 2 heterocycles. The smallest absolute Gasteiger partial charge is 0.231 e. The first-order chi connectivity index (χ1) is 13.9. The van der Waals surface area contributed by atoms with Crippen LogP contribution in [-0.4, -0.2) is 14.6 Å². The third-order valence-corrected chi connectivity index (χ3v) is 5.03. The van der Waals surface area contributed by atoms with Crippen LogP contribution in [0.2, 0.25) is 0 Å². The summed E-state index contributed by atoms with van der Waals surface area (Å²) >= 11 is 0. The lowest BCUT2D eigenvalue weighted by molar-refractivity contribution is 0.546. The summed E-state index contributed by atoms with van der Waals surface area (Å²) in [5, 5.41) is 7.49. The average molecular weight is 388 g/mol. The van der Waals surface area contributed by atoms with E-state index in [0.29, 0.717) is 18.7 Å². The Kier molecular flexibility index (Phi) is 5.16. The van der Waals surface area contributed by atoms with Gasteiger partial charge in [-0.15, -0.1) is 5.10 Å². The number of halogens is 1. The number of aromatic nitrogens is 3. The van der Waals surface area contributed by atoms with Gasteiger partial charge >= 0.3 is 0 Å². The van der Waals surface area contributed by atoms with E-state index in [-0.39, 0.29) is 5.41 Å². The van der Waals surface area contributed by atoms with Gasteiger partial charge < -0.3 is 5.32 Å². The van der Waals surface area contributed by atoms with Crippen LogP contribution in [0.5, 0.6) is 0 Å². The molecule has 0 spiro atoms. The van der Waals surface area contributed by atoms with Crippen LogP contribution >= 0.6 is 0 Å². The summed E-state index contributed by atoms with van der Waals surface area (Å²) in [7, 11) is 0. The minimum atomic E-state index is -0.520. The summed E-state index contributed by atoms with van der Waals surface area (Å²) in [5.74, 6) is -0.520. The largest absolute Gasteiger partial charge is 0.307 e. The summed E-state index contributed by atoms with van der Waals surface area (Å²) < 4.78 is 15.4. The molecule has 4 aromatic rings. The Balaban J connectivity index is 1.68. The van der Waals surface area contributed by atoms with Gasteiger partial charge in [0.05, 0.1) is 11.4 Å². The second-order valence-corrected chi connectivity index (χ2v) is 8.25. The molecule has 0 amide bonds. The van der Waals surface area contributed by atoms with Crippen LogP contribution in [0.15, 0.2) is 66.7 Å². The van der Waals surface area contributed by atoms with E-state index in [4.69, 9.17) is 4.98 Å². The Bertz CT molecular complexity index is 1110. The highest BCUT2D eigenvalue weighted by Crippen LogP contribution is 2.28. The maximum atomic E-state index is 13.8. The van der Waals surface area contributed by atoms with Gasteiger partial charge in [-0.05, 0) is 28.7 Å². The molecule has 0 fully saturated rings. The third kappa shape index (κ3) is 4.20. The zero-order valence-corrected chi connectivity index (χ0v) is 17.0. The van der Waals surface area contributed by atoms with Crippen molar-refractivity contribution in [2.75, 3.05) is 0 Å². The van der Waals surface area contributed by atoms with Gasteiger partial charge in [0, 0.05) is 18.7 Å². The molecule has 0 bridgehead atoms. The highest BCUT2D eigenvalue weighted by Gasteiger charge is 2.17. The molecule has 148 valence electrons. The molecule has 2 aromatic carbocycles. The van der Waals surface area contributed by atoms with Crippen molar-refractivity contribution in [3.05, 3.63) is 89.5 Å². The first-order valence-corrected chi connectivity index (χ1v) is 9.81. The lowest BCUT2D eigenvalue weighted by atomic mass is 9.86. The third-order valence-electron chi connectivity index (χ3n) is 5.03. The fourth-order valence-electron chi connectivity index (χ4n) is 3.40. The maximum Gasteiger partial charge on any atom is 0.231 e. The van der Waals surface area contributed by atoms with E-state index in [1.54, 1.807) is 10.6 Å². The summed E-state index contributed by atoms with van der Waals surface area (Å²) in [6.45, 7) is 7.82. The Morgan fingerprint density at radius 3 is 2.31 bits per heavy atom. The maximum absolute atomic E-state index is 13.8. The van der Waals surface area contributed by atoms with Gasteiger partial charge in [0.25, 0.3) is 0 Å². The van der Waals surface area contributed by atoms with Crippen molar-refractivity contribution < 1.29 is 4.39 Å². The summed E-state index contributed by atoms with van der Waals surface area (Å²) in [6.07, 6.45) is 0. The molecule has 0 radical (unpaired) electrons. The number of rotatable bonds is 5. The quantitative estimate of drug-likeness (QED) is 0.516. The second-order valence-electron chi connectivity index (χ2n) is 8.25. The Morgan fingerprint density at radius 1 is 0.897 bits per heavy atom. The molecule has 1 N–H and O–H groups in total. The molecule has 0 atom stereocenters. The highest BCUT2D eigenvalue weighted by molar-refractivity contribution is 5.66. The lowest BCUT2D eigenvalue weighted by Crippen LogP contribution is -2.15. The van der Waals surface area contributed by atoms with Crippen molar-refractivity contribution >= 4 is 5.65 Å². The monoisotopic (exact) mass is 388 g/mol. The van der Waals surface area contributed by atoms with E-state index < -0.39 is 5.95 Å². The first kappa shape index (κ1) is 19.3. The Morgan fingerprint density at radius 2 is 1.62 bits per heavy atom. The van der Waals surface area contributed by atoms with Crippen LogP contribution in [0.25, 0.3) is 16.9 Å². The number of nitrogens with one attached hydrogen (secondary N) is 1. The summed E-state index contributed by atoms with van der Waals surface area (Å²) in [4.78, 5) is 4.74. The minimum Gasteiger partial charge on any atom is -0.307 e. The summed E-state index contributed by atoms with van der Waals surface area (Å²) in [5.41, 5.74) is 5.85. The predicted molar refractivity (Wildman–Crippen MR) is 114 cm³/mol. The molecule has 0 aliphatic rings. The molecule has 0 unspecified atom stereocenters. The number of fused-ring (bicyclic) bond motifs is 1. The van der Waals surface area contributed by atoms with Crippen LogP contribution in [0.3, 0.4) is 0 Å². The molecule has 0 saturated carbocycles. The lowest BCUT2D eigenvalue weighted by Gasteiger charge is -2.19. The van der Waals surface area contributed by atoms with Crippen molar-refractivity contribution in [2.24, 2.45) is 0 Å². The van der Waals surface area contributed by atoms with Crippen LogP contribution in [0, 0.1) is 5.95 Å². The van der Waals surface area contributed by atoms with E-state index in [0.717, 1.165) is 17.0 Å². The molecular weight excluding hydrogens is 363 g/mol. The number of benzene rings is 2. The molecular formula is C24H25FN4. The topological polar surface area (TPSA) is 42.2 Å². The fraction of sp³-hybridized carbons (Fsp3) is 0.250. The molecule has 0 aliphatic heterocycles. The van der Waals surface area contributed by atoms with Crippen LogP contribution in [0.4, 0.5) is 4.39 Å². The first-order valence-electron chi connectivity index (χ1n) is 9.81. The van der Waals surface area contributed by atoms with Gasteiger partial charge in [-0.2, -0.15) is 4.39 Å². The molecule has 4 nitrogen and oxygen atoms in total. The number of imidazole rings is 1. The molecule has 2 aromatic heterocycles. The van der Waals surface area contributed by atoms with Crippen molar-refractivity contribution in [3.63, 3.8) is 0 Å². The summed E-state index contributed by atoms with van der Waals surface area (Å²) in [6, 6.07) is 21.6. The van der Waals surface area contributed by atoms with E-state index in [1.165, 1.54) is 17.2 Å². The molecule has 0 aliphatic carbocycles. The number of hydrogen-bond acceptors (Lipinski definition) is 3. The predicted octanol–water partition coefficient (Wildman–Crippen LogP) is 5.12. The van der Waals surface area contributed by atoms with E-state index in [9.17, 15) is 4.39 Å². The van der Waals surface area contributed by atoms with E-state index >= 15 is 0 Å². The molecule has 29 heavy (non-hydrogen) atoms. The van der Waals surface area contributed by atoms with Gasteiger partial charge in [-0.3, -0.25) is 0 Å². The van der Waals surface area contributed by atoms with Gasteiger partial charge in [-0.25, -0.2) is 9.50 Å². The van der Waals surface area contributed by atoms with Crippen molar-refractivity contribution in [1.29, 1.82) is 0 Å². The van der Waals surface area contributed by atoms with Crippen molar-refractivity contribution in [2.45, 2.75) is 39.3 Å². The standard InChI is InChI=1S/C24H25FN4/c1-24(2,3)19-11-9-18(10-12-19)23-20(16-26-15-17-7-5-4-6-8-17)29-22(27-23)14-13-21(25)28-29/h4-14,26H,15-16H2,1-3H3. The Labute approximate surface area is 170 Å². The second kappa shape index (κ2) is 7.76. The van der Waals surface area contributed by atoms with Gasteiger partial charge in [0.1, 0.15) is 0 Å². The van der Waals surface area contributed by atoms with Gasteiger partial charge in [0.15, 0.2) is 5.65 Å². The van der Waals surface area contributed by atoms with Crippen LogP contribution in [-0.2, 0) is 18.5 Å². The highest BCUT2D eigenvalue weighted by atomic mass is 19.1. The average Bonchev–Trinajstić information content (AvgIpc) is 3.06. The SMILES string of the molecule is CC(C)(C)c1ccc(-c2nc3ccc(F)nn3c2CNCc2ccccc2)cc1. The van der Waals surface area contributed by atoms with Crippen LogP contribution < -0.4 is 5.32 Å². The van der Waals surface area contributed by atoms with Crippen LogP contribution in [0.1, 0.15) is 37.6 Å². The molecule has 5 heteroatoms. The van der Waals surface area contributed by atoms with Crippen molar-refractivity contribution in [3.8, 4) is 11.3 Å². The van der Waals surface area contributed by atoms with Crippen molar-refractivity contribution in [1.82, 2.24) is 19.9 Å². The van der Waals surface area contributed by atoms with Gasteiger partial charge in [-0.1, -0.05) is 75.4 Å². The van der Waals surface area contributed by atoms with E-state index in [2.05, 4.69) is 67.6 Å². The minimum absolute atomic E-state index is 0.0855. The number of hydrogen-bond donors (Lipinski definition) is 1. The molecule has 4 rings (SSSR count). The zero-order chi connectivity index (χ0) is 20.4. The number of nitrogens with zero attached hydrogens (tertiary/aromatic N) is 3. The molecule has 0 saturated heterocycles. The zero-order valence-electron chi connectivity index (χ0n) is 17.0. The Hall–Kier alpha value is -3.05. The van der Waals surface area contributed by atoms with Gasteiger partial charge in [0.2, 0.25) is 5.95 Å². The normalized spacial score (nSPS) is 11.9. The van der Waals surface area contributed by atoms with E-state index in [1.807, 2.05) is 18.2 Å².